The van der Waals surface area contributed by atoms with Gasteiger partial charge in [-0.15, -0.1) is 0 Å². The molecule has 1 unspecified atom stereocenters. The Bertz CT molecular complexity index is 649. The van der Waals surface area contributed by atoms with Crippen LogP contribution in [0.3, 0.4) is 0 Å². The molecule has 0 aromatic heterocycles. The molecule has 102 valence electrons. The first-order valence-corrected chi connectivity index (χ1v) is 6.44. The van der Waals surface area contributed by atoms with E-state index in [9.17, 15) is 13.6 Å². The number of halogens is 2. The predicted molar refractivity (Wildman–Crippen MR) is 72.7 cm³/mol. The van der Waals surface area contributed by atoms with Crippen LogP contribution < -0.4 is 5.32 Å². The van der Waals surface area contributed by atoms with Gasteiger partial charge in [-0.1, -0.05) is 18.2 Å². The van der Waals surface area contributed by atoms with Crippen molar-refractivity contribution in [3.8, 4) is 0 Å². The summed E-state index contributed by atoms with van der Waals surface area (Å²) in [5.74, 6) is -1.60. The zero-order valence-electron chi connectivity index (χ0n) is 10.7. The number of hydrogen-bond acceptors (Lipinski definition) is 2. The van der Waals surface area contributed by atoms with Gasteiger partial charge in [0, 0.05) is 24.7 Å². The maximum absolute atomic E-state index is 13.1. The summed E-state index contributed by atoms with van der Waals surface area (Å²) < 4.78 is 26.3. The number of carbonyl (C=O) groups excluding carboxylic acids is 1. The summed E-state index contributed by atoms with van der Waals surface area (Å²) in [5.41, 5.74) is 2.28. The summed E-state index contributed by atoms with van der Waals surface area (Å²) in [4.78, 5) is 12.3. The number of hydrogen-bond donors (Lipinski definition) is 1. The minimum atomic E-state index is -0.655. The third-order valence-corrected chi connectivity index (χ3v) is 3.52. The highest BCUT2D eigenvalue weighted by Crippen LogP contribution is 2.32. The van der Waals surface area contributed by atoms with Crippen molar-refractivity contribution in [2.45, 2.75) is 12.3 Å². The highest BCUT2D eigenvalue weighted by atomic mass is 19.1. The van der Waals surface area contributed by atoms with E-state index in [2.05, 4.69) is 5.32 Å². The van der Waals surface area contributed by atoms with E-state index in [0.717, 1.165) is 17.3 Å². The maximum Gasteiger partial charge on any atom is 0.146 e. The molecule has 4 heteroatoms. The van der Waals surface area contributed by atoms with Crippen LogP contribution in [0, 0.1) is 11.6 Å². The van der Waals surface area contributed by atoms with Crippen molar-refractivity contribution >= 4 is 11.5 Å². The monoisotopic (exact) mass is 273 g/mol. The van der Waals surface area contributed by atoms with Crippen molar-refractivity contribution in [3.63, 3.8) is 0 Å². The molecular weight excluding hydrogens is 260 g/mol. The third-order valence-electron chi connectivity index (χ3n) is 3.52. The lowest BCUT2D eigenvalue weighted by molar-refractivity contribution is -0.119. The Labute approximate surface area is 115 Å². The van der Waals surface area contributed by atoms with Crippen molar-refractivity contribution < 1.29 is 13.6 Å². The van der Waals surface area contributed by atoms with Gasteiger partial charge in [0.25, 0.3) is 0 Å². The van der Waals surface area contributed by atoms with Crippen LogP contribution in [-0.4, -0.2) is 12.3 Å². The van der Waals surface area contributed by atoms with E-state index in [1.807, 2.05) is 24.3 Å². The number of Topliss-reactive ketones (excluding diaryl/α,β-unsaturated/α-hetero) is 1. The fourth-order valence-electron chi connectivity index (χ4n) is 2.61. The lowest BCUT2D eigenvalue weighted by atomic mass is 9.93. The first-order valence-electron chi connectivity index (χ1n) is 6.44. The van der Waals surface area contributed by atoms with E-state index < -0.39 is 11.6 Å². The molecule has 0 fully saturated rings. The summed E-state index contributed by atoms with van der Waals surface area (Å²) >= 11 is 0. The van der Waals surface area contributed by atoms with Gasteiger partial charge in [-0.2, -0.15) is 0 Å². The average Bonchev–Trinajstić information content (AvgIpc) is 2.81. The molecule has 0 amide bonds. The van der Waals surface area contributed by atoms with Gasteiger partial charge in [0.1, 0.15) is 17.4 Å². The van der Waals surface area contributed by atoms with Gasteiger partial charge in [0.05, 0.1) is 5.92 Å². The molecule has 1 aliphatic rings. The molecule has 3 rings (SSSR count). The molecule has 0 saturated heterocycles. The molecule has 0 spiro atoms. The molecule has 1 atom stereocenters. The van der Waals surface area contributed by atoms with Crippen LogP contribution in [-0.2, 0) is 11.2 Å². The first kappa shape index (κ1) is 12.8. The minimum absolute atomic E-state index is 0.0348. The van der Waals surface area contributed by atoms with E-state index in [0.29, 0.717) is 12.1 Å². The number of fused-ring (bicyclic) bond motifs is 1. The number of nitrogens with one attached hydrogen (secondary N) is 1. The number of rotatable bonds is 3. The number of carbonyl (C=O) groups is 1. The number of anilines is 1. The van der Waals surface area contributed by atoms with Crippen LogP contribution in [0.5, 0.6) is 0 Å². The molecule has 1 aliphatic heterocycles. The van der Waals surface area contributed by atoms with Crippen molar-refractivity contribution in [1.82, 2.24) is 0 Å². The molecule has 1 N–H and O–H groups in total. The van der Waals surface area contributed by atoms with Crippen molar-refractivity contribution in [2.24, 2.45) is 0 Å². The van der Waals surface area contributed by atoms with Gasteiger partial charge < -0.3 is 5.32 Å². The van der Waals surface area contributed by atoms with Gasteiger partial charge >= 0.3 is 0 Å². The predicted octanol–water partition coefficient (Wildman–Crippen LogP) is 3.29. The SMILES string of the molecule is O=C(Cc1cc(F)cc(F)c1)C1CNc2ccccc21. The van der Waals surface area contributed by atoms with Gasteiger partial charge in [0.15, 0.2) is 0 Å². The molecule has 0 radical (unpaired) electrons. The average molecular weight is 273 g/mol. The molecule has 0 saturated carbocycles. The zero-order chi connectivity index (χ0) is 14.1. The number of para-hydroxylation sites is 1. The summed E-state index contributed by atoms with van der Waals surface area (Å²) in [7, 11) is 0. The Hall–Kier alpha value is -2.23. The Kier molecular flexibility index (Phi) is 3.22. The highest BCUT2D eigenvalue weighted by molar-refractivity contribution is 5.91. The van der Waals surface area contributed by atoms with Crippen molar-refractivity contribution in [1.29, 1.82) is 0 Å². The lowest BCUT2D eigenvalue weighted by Crippen LogP contribution is -2.17. The molecular formula is C16H13F2NO. The molecule has 1 heterocycles. The molecule has 20 heavy (non-hydrogen) atoms. The van der Waals surface area contributed by atoms with Crippen molar-refractivity contribution in [2.75, 3.05) is 11.9 Å². The van der Waals surface area contributed by atoms with Crippen LogP contribution >= 0.6 is 0 Å². The van der Waals surface area contributed by atoms with Gasteiger partial charge in [-0.05, 0) is 29.3 Å². The maximum atomic E-state index is 13.1. The normalized spacial score (nSPS) is 16.6. The van der Waals surface area contributed by atoms with E-state index in [4.69, 9.17) is 0 Å². The van der Waals surface area contributed by atoms with Gasteiger partial charge in [-0.25, -0.2) is 8.78 Å². The summed E-state index contributed by atoms with van der Waals surface area (Å²) in [5, 5.41) is 3.17. The first-order chi connectivity index (χ1) is 9.63. The molecule has 0 aliphatic carbocycles. The third kappa shape index (κ3) is 2.41. The quantitative estimate of drug-likeness (QED) is 0.929. The Morgan fingerprint density at radius 2 is 1.85 bits per heavy atom. The van der Waals surface area contributed by atoms with E-state index in [1.54, 1.807) is 0 Å². The molecule has 0 bridgehead atoms. The summed E-state index contributed by atoms with van der Waals surface area (Å²) in [6.45, 7) is 0.538. The lowest BCUT2D eigenvalue weighted by Gasteiger charge is -2.09. The molecule has 2 aromatic rings. The molecule has 2 nitrogen and oxygen atoms in total. The van der Waals surface area contributed by atoms with Gasteiger partial charge in [-0.3, -0.25) is 4.79 Å². The van der Waals surface area contributed by atoms with Gasteiger partial charge in [0.2, 0.25) is 0 Å². The van der Waals surface area contributed by atoms with E-state index >= 15 is 0 Å². The molecule has 2 aromatic carbocycles. The second-order valence-electron chi connectivity index (χ2n) is 4.94. The largest absolute Gasteiger partial charge is 0.384 e. The van der Waals surface area contributed by atoms with Crippen LogP contribution in [0.25, 0.3) is 0 Å². The highest BCUT2D eigenvalue weighted by Gasteiger charge is 2.27. The van der Waals surface area contributed by atoms with Crippen LogP contribution in [0.15, 0.2) is 42.5 Å². The van der Waals surface area contributed by atoms with E-state index in [-0.39, 0.29) is 18.1 Å². The standard InChI is InChI=1S/C16H13F2NO/c17-11-5-10(6-12(18)8-11)7-16(20)14-9-19-15-4-2-1-3-13(14)15/h1-6,8,14,19H,7,9H2. The van der Waals surface area contributed by atoms with E-state index in [1.165, 1.54) is 12.1 Å². The smallest absolute Gasteiger partial charge is 0.146 e. The summed E-state index contributed by atoms with van der Waals surface area (Å²) in [6, 6.07) is 10.8. The van der Waals surface area contributed by atoms with Crippen molar-refractivity contribution in [3.05, 3.63) is 65.2 Å². The van der Waals surface area contributed by atoms with Crippen LogP contribution in [0.2, 0.25) is 0 Å². The second kappa shape index (κ2) is 5.04. The second-order valence-corrected chi connectivity index (χ2v) is 4.94. The number of benzene rings is 2. The Balaban J connectivity index is 1.81. The fraction of sp³-hybridized carbons (Fsp3) is 0.188. The summed E-state index contributed by atoms with van der Waals surface area (Å²) in [6.07, 6.45) is 0.0371. The van der Waals surface area contributed by atoms with Crippen LogP contribution in [0.4, 0.5) is 14.5 Å². The zero-order valence-corrected chi connectivity index (χ0v) is 10.7. The Morgan fingerprint density at radius 3 is 2.60 bits per heavy atom. The minimum Gasteiger partial charge on any atom is -0.384 e. The Morgan fingerprint density at radius 1 is 1.15 bits per heavy atom. The topological polar surface area (TPSA) is 29.1 Å². The van der Waals surface area contributed by atoms with Crippen LogP contribution in [0.1, 0.15) is 17.0 Å². The number of ketones is 1. The fourth-order valence-corrected chi connectivity index (χ4v) is 2.61.